The summed E-state index contributed by atoms with van der Waals surface area (Å²) < 4.78 is 38.8. The molecule has 1 saturated heterocycles. The van der Waals surface area contributed by atoms with Crippen molar-refractivity contribution in [2.45, 2.75) is 13.1 Å². The summed E-state index contributed by atoms with van der Waals surface area (Å²) in [5.74, 6) is 0. The summed E-state index contributed by atoms with van der Waals surface area (Å²) in [7, 11) is 0. The standard InChI is InChI=1S/C13H17F3N2/c1-12(13(14,15)16)5-2-3-11(4-6-12)18-9-7-17-8-10-18/h2-6,17H,7-10H2,1H3. The van der Waals surface area contributed by atoms with Gasteiger partial charge in [-0.25, -0.2) is 0 Å². The van der Waals surface area contributed by atoms with E-state index in [1.807, 2.05) is 0 Å². The zero-order valence-corrected chi connectivity index (χ0v) is 10.3. The van der Waals surface area contributed by atoms with Crippen LogP contribution in [0.5, 0.6) is 0 Å². The first kappa shape index (κ1) is 13.2. The van der Waals surface area contributed by atoms with Crippen molar-refractivity contribution in [3.63, 3.8) is 0 Å². The fourth-order valence-electron chi connectivity index (χ4n) is 2.04. The van der Waals surface area contributed by atoms with Crippen molar-refractivity contribution >= 4 is 0 Å². The zero-order chi connectivity index (χ0) is 13.2. The van der Waals surface area contributed by atoms with Gasteiger partial charge in [0.2, 0.25) is 0 Å². The van der Waals surface area contributed by atoms with Crippen LogP contribution in [0.25, 0.3) is 0 Å². The summed E-state index contributed by atoms with van der Waals surface area (Å²) in [6.45, 7) is 4.57. The highest BCUT2D eigenvalue weighted by molar-refractivity contribution is 5.32. The van der Waals surface area contributed by atoms with Crippen LogP contribution in [-0.2, 0) is 0 Å². The monoisotopic (exact) mass is 258 g/mol. The Bertz CT molecular complexity index is 390. The maximum atomic E-state index is 12.9. The zero-order valence-electron chi connectivity index (χ0n) is 10.3. The molecule has 1 atom stereocenters. The van der Waals surface area contributed by atoms with Gasteiger partial charge in [0.05, 0.1) is 5.41 Å². The molecule has 2 aliphatic rings. The normalized spacial score (nSPS) is 29.1. The van der Waals surface area contributed by atoms with Crippen LogP contribution in [0.3, 0.4) is 0 Å². The van der Waals surface area contributed by atoms with Gasteiger partial charge in [-0.05, 0) is 19.1 Å². The second-order valence-electron chi connectivity index (χ2n) is 4.80. The van der Waals surface area contributed by atoms with Gasteiger partial charge in [0, 0.05) is 31.9 Å². The van der Waals surface area contributed by atoms with Gasteiger partial charge in [-0.3, -0.25) is 0 Å². The van der Waals surface area contributed by atoms with Gasteiger partial charge in [-0.15, -0.1) is 0 Å². The van der Waals surface area contributed by atoms with E-state index in [9.17, 15) is 13.2 Å². The van der Waals surface area contributed by atoms with Crippen LogP contribution in [0, 0.1) is 5.41 Å². The third-order valence-electron chi connectivity index (χ3n) is 3.40. The number of alkyl halides is 3. The smallest absolute Gasteiger partial charge is 0.369 e. The van der Waals surface area contributed by atoms with Gasteiger partial charge in [-0.1, -0.05) is 18.2 Å². The molecule has 1 unspecified atom stereocenters. The number of allylic oxidation sites excluding steroid dienone is 5. The van der Waals surface area contributed by atoms with Crippen LogP contribution in [0.15, 0.2) is 36.1 Å². The molecule has 0 aromatic rings. The molecule has 0 amide bonds. The predicted octanol–water partition coefficient (Wildman–Crippen LogP) is 2.47. The SMILES string of the molecule is CC1(C(F)(F)F)C=CC=C(N2CCNCC2)C=C1. The Labute approximate surface area is 105 Å². The van der Waals surface area contributed by atoms with Crippen molar-refractivity contribution in [1.82, 2.24) is 10.2 Å². The molecule has 0 aromatic heterocycles. The summed E-state index contributed by atoms with van der Waals surface area (Å²) in [6, 6.07) is 0. The molecule has 0 aromatic carbocycles. The molecule has 18 heavy (non-hydrogen) atoms. The second-order valence-corrected chi connectivity index (χ2v) is 4.80. The Morgan fingerprint density at radius 2 is 1.89 bits per heavy atom. The van der Waals surface area contributed by atoms with Gasteiger partial charge < -0.3 is 10.2 Å². The minimum atomic E-state index is -4.26. The van der Waals surface area contributed by atoms with Crippen molar-refractivity contribution in [1.29, 1.82) is 0 Å². The Balaban J connectivity index is 2.17. The van der Waals surface area contributed by atoms with Crippen LogP contribution in [-0.4, -0.2) is 37.3 Å². The molecule has 0 saturated carbocycles. The van der Waals surface area contributed by atoms with E-state index >= 15 is 0 Å². The fourth-order valence-corrected chi connectivity index (χ4v) is 2.04. The molecule has 2 nitrogen and oxygen atoms in total. The summed E-state index contributed by atoms with van der Waals surface area (Å²) in [5, 5.41) is 3.22. The number of hydrogen-bond acceptors (Lipinski definition) is 2. The fraction of sp³-hybridized carbons (Fsp3) is 0.538. The summed E-state index contributed by atoms with van der Waals surface area (Å²) in [4.78, 5) is 2.10. The first-order chi connectivity index (χ1) is 8.42. The van der Waals surface area contributed by atoms with Crippen molar-refractivity contribution in [2.75, 3.05) is 26.2 Å². The molecule has 1 aliphatic carbocycles. The lowest BCUT2D eigenvalue weighted by Gasteiger charge is -2.30. The quantitative estimate of drug-likeness (QED) is 0.777. The summed E-state index contributed by atoms with van der Waals surface area (Å²) in [5.41, 5.74) is -1.03. The van der Waals surface area contributed by atoms with Crippen LogP contribution in [0.1, 0.15) is 6.92 Å². The highest BCUT2D eigenvalue weighted by Crippen LogP contribution is 2.41. The Kier molecular flexibility index (Phi) is 3.52. The molecular formula is C13H17F3N2. The summed E-state index contributed by atoms with van der Waals surface area (Å²) >= 11 is 0. The van der Waals surface area contributed by atoms with Crippen LogP contribution in [0.2, 0.25) is 0 Å². The van der Waals surface area contributed by atoms with Gasteiger partial charge in [0.25, 0.3) is 0 Å². The van der Waals surface area contributed by atoms with E-state index in [4.69, 9.17) is 0 Å². The predicted molar refractivity (Wildman–Crippen MR) is 65.0 cm³/mol. The van der Waals surface area contributed by atoms with Crippen LogP contribution >= 0.6 is 0 Å². The van der Waals surface area contributed by atoms with Gasteiger partial charge in [0.15, 0.2) is 0 Å². The molecule has 1 fully saturated rings. The third-order valence-corrected chi connectivity index (χ3v) is 3.40. The van der Waals surface area contributed by atoms with E-state index in [0.29, 0.717) is 0 Å². The number of rotatable bonds is 1. The molecular weight excluding hydrogens is 241 g/mol. The molecule has 1 heterocycles. The number of halogens is 3. The van der Waals surface area contributed by atoms with E-state index in [1.54, 1.807) is 12.2 Å². The van der Waals surface area contributed by atoms with Crippen LogP contribution in [0.4, 0.5) is 13.2 Å². The highest BCUT2D eigenvalue weighted by Gasteiger charge is 2.47. The first-order valence-electron chi connectivity index (χ1n) is 6.03. The lowest BCUT2D eigenvalue weighted by Crippen LogP contribution is -2.42. The van der Waals surface area contributed by atoms with E-state index < -0.39 is 11.6 Å². The molecule has 1 N–H and O–H groups in total. The topological polar surface area (TPSA) is 15.3 Å². The van der Waals surface area contributed by atoms with Gasteiger partial charge in [0.1, 0.15) is 0 Å². The van der Waals surface area contributed by atoms with E-state index in [2.05, 4.69) is 10.2 Å². The second kappa shape index (κ2) is 4.80. The third kappa shape index (κ3) is 2.61. The largest absolute Gasteiger partial charge is 0.400 e. The lowest BCUT2D eigenvalue weighted by atomic mass is 9.89. The van der Waals surface area contributed by atoms with Crippen LogP contribution < -0.4 is 5.32 Å². The van der Waals surface area contributed by atoms with Crippen molar-refractivity contribution in [3.8, 4) is 0 Å². The molecule has 100 valence electrons. The Morgan fingerprint density at radius 1 is 1.22 bits per heavy atom. The lowest BCUT2D eigenvalue weighted by molar-refractivity contribution is -0.183. The van der Waals surface area contributed by atoms with Crippen molar-refractivity contribution in [3.05, 3.63) is 36.1 Å². The van der Waals surface area contributed by atoms with E-state index in [-0.39, 0.29) is 0 Å². The number of nitrogens with zero attached hydrogens (tertiary/aromatic N) is 1. The maximum Gasteiger partial charge on any atom is 0.400 e. The minimum Gasteiger partial charge on any atom is -0.369 e. The number of hydrogen-bond donors (Lipinski definition) is 1. The molecule has 0 spiro atoms. The molecule has 1 aliphatic heterocycles. The van der Waals surface area contributed by atoms with Crippen molar-refractivity contribution in [2.24, 2.45) is 5.41 Å². The van der Waals surface area contributed by atoms with Gasteiger partial charge in [-0.2, -0.15) is 13.2 Å². The highest BCUT2D eigenvalue weighted by atomic mass is 19.4. The number of piperazine rings is 1. The Morgan fingerprint density at radius 3 is 2.50 bits per heavy atom. The first-order valence-corrected chi connectivity index (χ1v) is 6.03. The van der Waals surface area contributed by atoms with Crippen molar-refractivity contribution < 1.29 is 13.2 Å². The minimum absolute atomic E-state index is 0.826. The molecule has 2 rings (SSSR count). The molecule has 5 heteroatoms. The summed E-state index contributed by atoms with van der Waals surface area (Å²) in [6.07, 6.45) is 3.03. The van der Waals surface area contributed by atoms with E-state index in [0.717, 1.165) is 31.9 Å². The average molecular weight is 258 g/mol. The van der Waals surface area contributed by atoms with Gasteiger partial charge >= 0.3 is 6.18 Å². The number of nitrogens with one attached hydrogen (secondary N) is 1. The molecule has 0 radical (unpaired) electrons. The molecule has 0 bridgehead atoms. The maximum absolute atomic E-state index is 12.9. The Hall–Kier alpha value is -1.23. The van der Waals surface area contributed by atoms with E-state index in [1.165, 1.54) is 25.2 Å². The average Bonchev–Trinajstić information content (AvgIpc) is 2.53.